The van der Waals surface area contributed by atoms with Gasteiger partial charge in [0.2, 0.25) is 0 Å². The monoisotopic (exact) mass is 544 g/mol. The minimum atomic E-state index is -0.662. The fraction of sp³-hybridized carbons (Fsp3) is 0.276. The van der Waals surface area contributed by atoms with E-state index in [1.807, 2.05) is 22.7 Å². The maximum absolute atomic E-state index is 13.7. The number of anilines is 2. The van der Waals surface area contributed by atoms with Gasteiger partial charge in [-0.15, -0.1) is 0 Å². The molecule has 0 atom stereocenters. The van der Waals surface area contributed by atoms with Crippen LogP contribution >= 0.6 is 11.6 Å². The first kappa shape index (κ1) is 27.6. The number of rotatable bonds is 10. The Labute approximate surface area is 231 Å². The fourth-order valence-electron chi connectivity index (χ4n) is 4.30. The van der Waals surface area contributed by atoms with Crippen molar-refractivity contribution in [2.45, 2.75) is 46.0 Å². The molecule has 2 N–H and O–H groups in total. The van der Waals surface area contributed by atoms with Crippen molar-refractivity contribution in [1.29, 1.82) is 5.26 Å². The molecule has 39 heavy (non-hydrogen) atoms. The number of nitrogens with zero attached hydrogens (tertiary/aromatic N) is 4. The molecule has 1 aromatic carbocycles. The van der Waals surface area contributed by atoms with Crippen LogP contribution in [-0.4, -0.2) is 33.0 Å². The third-order valence-electron chi connectivity index (χ3n) is 6.22. The second kappa shape index (κ2) is 12.9. The van der Waals surface area contributed by atoms with E-state index < -0.39 is 12.0 Å². The molecule has 0 radical (unpaired) electrons. The summed E-state index contributed by atoms with van der Waals surface area (Å²) in [5.41, 5.74) is 3.38. The topological polar surface area (TPSA) is 121 Å². The molecule has 0 fully saturated rings. The van der Waals surface area contributed by atoms with Crippen LogP contribution in [0.2, 0.25) is 5.15 Å². The van der Waals surface area contributed by atoms with Crippen LogP contribution in [0.25, 0.3) is 16.8 Å². The summed E-state index contributed by atoms with van der Waals surface area (Å²) in [6.07, 6.45) is 9.43. The van der Waals surface area contributed by atoms with E-state index >= 15 is 0 Å². The van der Waals surface area contributed by atoms with E-state index in [4.69, 9.17) is 16.3 Å². The molecule has 2 amide bonds. The lowest BCUT2D eigenvalue weighted by atomic mass is 10.1. The Bertz CT molecular complexity index is 1540. The van der Waals surface area contributed by atoms with Gasteiger partial charge in [0.05, 0.1) is 47.0 Å². The third-order valence-corrected chi connectivity index (χ3v) is 6.52. The Morgan fingerprint density at radius 2 is 1.92 bits per heavy atom. The lowest BCUT2D eigenvalue weighted by molar-refractivity contribution is 0.102. The molecule has 0 aliphatic rings. The first-order chi connectivity index (χ1) is 18.9. The number of amides is 2. The maximum Gasteiger partial charge on any atom is 0.411 e. The normalized spacial score (nSPS) is 10.7. The van der Waals surface area contributed by atoms with Gasteiger partial charge in [-0.05, 0) is 55.3 Å². The van der Waals surface area contributed by atoms with E-state index in [1.54, 1.807) is 37.5 Å². The average molecular weight is 545 g/mol. The predicted octanol–water partition coefficient (Wildman–Crippen LogP) is 7.00. The first-order valence-corrected chi connectivity index (χ1v) is 13.2. The minimum absolute atomic E-state index is 0.109. The molecule has 0 aliphatic heterocycles. The van der Waals surface area contributed by atoms with Gasteiger partial charge < -0.3 is 14.5 Å². The number of halogens is 1. The Hall–Kier alpha value is -4.42. The molecule has 0 spiro atoms. The smallest absolute Gasteiger partial charge is 0.411 e. The number of aryl methyl sites for hydroxylation is 1. The minimum Gasteiger partial charge on any atom is -0.449 e. The van der Waals surface area contributed by atoms with E-state index in [-0.39, 0.29) is 23.1 Å². The number of fused-ring (bicyclic) bond motifs is 1. The van der Waals surface area contributed by atoms with Gasteiger partial charge in [-0.3, -0.25) is 10.1 Å². The number of nitriles is 1. The van der Waals surface area contributed by atoms with Gasteiger partial charge in [0.15, 0.2) is 5.69 Å². The third kappa shape index (κ3) is 6.54. The summed E-state index contributed by atoms with van der Waals surface area (Å²) in [5, 5.41) is 15.3. The van der Waals surface area contributed by atoms with Gasteiger partial charge in [0, 0.05) is 18.0 Å². The lowest BCUT2D eigenvalue weighted by Gasteiger charge is -2.17. The van der Waals surface area contributed by atoms with Crippen LogP contribution in [0.1, 0.15) is 60.6 Å². The Kier molecular flexibility index (Phi) is 9.13. The molecule has 4 aromatic rings. The van der Waals surface area contributed by atoms with Crippen LogP contribution in [0.4, 0.5) is 16.2 Å². The van der Waals surface area contributed by atoms with Gasteiger partial charge >= 0.3 is 6.09 Å². The van der Waals surface area contributed by atoms with Crippen molar-refractivity contribution in [3.8, 4) is 17.3 Å². The van der Waals surface area contributed by atoms with Crippen LogP contribution in [0.5, 0.6) is 0 Å². The molecule has 3 heterocycles. The molecule has 3 aromatic heterocycles. The fourth-order valence-corrected chi connectivity index (χ4v) is 4.51. The molecule has 0 unspecified atom stereocenters. The summed E-state index contributed by atoms with van der Waals surface area (Å²) < 4.78 is 7.14. The highest BCUT2D eigenvalue weighted by Crippen LogP contribution is 2.32. The maximum atomic E-state index is 13.7. The highest BCUT2D eigenvalue weighted by atomic mass is 35.5. The molecule has 0 saturated carbocycles. The van der Waals surface area contributed by atoms with Gasteiger partial charge in [-0.25, -0.2) is 14.8 Å². The highest BCUT2D eigenvalue weighted by molar-refractivity contribution is 6.32. The Morgan fingerprint density at radius 1 is 1.10 bits per heavy atom. The molecule has 0 saturated heterocycles. The number of aromatic nitrogens is 3. The van der Waals surface area contributed by atoms with E-state index in [0.29, 0.717) is 28.1 Å². The van der Waals surface area contributed by atoms with E-state index in [0.717, 1.165) is 37.6 Å². The molecule has 9 nitrogen and oxygen atoms in total. The molecular formula is C29H29ClN6O3. The molecular weight excluding hydrogens is 516 g/mol. The molecule has 0 bridgehead atoms. The van der Waals surface area contributed by atoms with Crippen LogP contribution < -0.4 is 10.6 Å². The van der Waals surface area contributed by atoms with Gasteiger partial charge in [-0.2, -0.15) is 5.26 Å². The summed E-state index contributed by atoms with van der Waals surface area (Å²) in [6, 6.07) is 12.4. The lowest BCUT2D eigenvalue weighted by Crippen LogP contribution is -2.20. The number of pyridine rings is 1. The SMILES string of the molecule is CCCCCCCOC(=O)Nc1cc(C#N)cc(C)c1NC(=O)c1ncc2cccn2c1-c1cccnc1Cl. The number of carbonyl (C=O) groups excluding carboxylic acids is 2. The number of unbranched alkanes of at least 4 members (excludes halogenated alkanes) is 4. The van der Waals surface area contributed by atoms with Crippen LogP contribution in [0.15, 0.2) is 55.0 Å². The standard InChI is InChI=1S/C29H29ClN6O3/c1-3-4-5-6-7-14-39-29(38)34-23-16-20(17-31)15-19(2)24(23)35-28(37)25-26(22-11-8-12-32-27(22)30)36-13-9-10-21(36)18-33-25/h8-13,15-16,18H,3-7,14H2,1-2H3,(H,34,38)(H,35,37). The number of benzene rings is 1. The van der Waals surface area contributed by atoms with Crippen molar-refractivity contribution in [2.24, 2.45) is 0 Å². The zero-order chi connectivity index (χ0) is 27.8. The van der Waals surface area contributed by atoms with Crippen molar-refractivity contribution in [3.63, 3.8) is 0 Å². The van der Waals surface area contributed by atoms with Crippen molar-refractivity contribution in [2.75, 3.05) is 17.2 Å². The molecule has 4 rings (SSSR count). The number of hydrogen-bond acceptors (Lipinski definition) is 6. The van der Waals surface area contributed by atoms with Gasteiger partial charge in [-0.1, -0.05) is 44.2 Å². The number of ether oxygens (including phenoxy) is 1. The van der Waals surface area contributed by atoms with Gasteiger partial charge in [0.25, 0.3) is 5.91 Å². The summed E-state index contributed by atoms with van der Waals surface area (Å²) >= 11 is 6.41. The quantitative estimate of drug-likeness (QED) is 0.164. The first-order valence-electron chi connectivity index (χ1n) is 12.8. The number of carbonyl (C=O) groups is 2. The zero-order valence-corrected chi connectivity index (χ0v) is 22.6. The van der Waals surface area contributed by atoms with E-state index in [2.05, 4.69) is 33.6 Å². The van der Waals surface area contributed by atoms with E-state index in [1.165, 1.54) is 6.07 Å². The average Bonchev–Trinajstić information content (AvgIpc) is 3.41. The second-order valence-electron chi connectivity index (χ2n) is 9.06. The zero-order valence-electron chi connectivity index (χ0n) is 21.8. The number of nitrogens with one attached hydrogen (secondary N) is 2. The second-order valence-corrected chi connectivity index (χ2v) is 9.42. The Balaban J connectivity index is 1.62. The Morgan fingerprint density at radius 3 is 2.69 bits per heavy atom. The summed E-state index contributed by atoms with van der Waals surface area (Å²) in [5.74, 6) is -0.527. The molecule has 200 valence electrons. The molecule has 10 heteroatoms. The van der Waals surface area contributed by atoms with Crippen LogP contribution in [0, 0.1) is 18.3 Å². The largest absolute Gasteiger partial charge is 0.449 e. The van der Waals surface area contributed by atoms with Crippen molar-refractivity contribution in [1.82, 2.24) is 14.4 Å². The van der Waals surface area contributed by atoms with Crippen molar-refractivity contribution in [3.05, 3.63) is 77.0 Å². The van der Waals surface area contributed by atoms with Crippen LogP contribution in [0.3, 0.4) is 0 Å². The summed E-state index contributed by atoms with van der Waals surface area (Å²) in [4.78, 5) is 34.8. The highest BCUT2D eigenvalue weighted by Gasteiger charge is 2.22. The van der Waals surface area contributed by atoms with Crippen molar-refractivity contribution >= 4 is 40.5 Å². The number of hydrogen-bond donors (Lipinski definition) is 2. The van der Waals surface area contributed by atoms with Crippen LogP contribution in [-0.2, 0) is 4.74 Å². The summed E-state index contributed by atoms with van der Waals surface area (Å²) in [7, 11) is 0. The molecule has 0 aliphatic carbocycles. The summed E-state index contributed by atoms with van der Waals surface area (Å²) in [6.45, 7) is 4.16. The van der Waals surface area contributed by atoms with Crippen molar-refractivity contribution < 1.29 is 14.3 Å². The predicted molar refractivity (Wildman–Crippen MR) is 151 cm³/mol. The van der Waals surface area contributed by atoms with E-state index in [9.17, 15) is 14.9 Å². The van der Waals surface area contributed by atoms with Gasteiger partial charge in [0.1, 0.15) is 5.15 Å².